The zero-order valence-electron chi connectivity index (χ0n) is 27.0. The monoisotopic (exact) mass is 762 g/mol. The number of fused-ring (bicyclic) bond motifs is 4. The summed E-state index contributed by atoms with van der Waals surface area (Å²) in [6.45, 7) is 5.42. The van der Waals surface area contributed by atoms with Crippen LogP contribution in [0.5, 0.6) is 0 Å². The third-order valence-corrected chi connectivity index (χ3v) is 9.09. The number of benzene rings is 2. The second kappa shape index (κ2) is 14.1. The maximum Gasteiger partial charge on any atom is 0.404 e. The lowest BCUT2D eigenvalue weighted by Crippen LogP contribution is -2.50. The summed E-state index contributed by atoms with van der Waals surface area (Å²) in [6.07, 6.45) is -7.57. The Labute approximate surface area is 296 Å². The normalized spacial score (nSPS) is 19.4. The van der Waals surface area contributed by atoms with Crippen LogP contribution in [0.1, 0.15) is 49.9 Å². The van der Waals surface area contributed by atoms with E-state index in [1.54, 1.807) is 39.8 Å². The molecule has 3 unspecified atom stereocenters. The predicted octanol–water partition coefficient (Wildman–Crippen LogP) is 9.77. The van der Waals surface area contributed by atoms with Gasteiger partial charge >= 0.3 is 12.4 Å². The van der Waals surface area contributed by atoms with Gasteiger partial charge in [0.1, 0.15) is 28.3 Å². The summed E-state index contributed by atoms with van der Waals surface area (Å²) in [5.74, 6) is -0.608. The molecule has 268 valence electrons. The number of alkyl halides is 6. The van der Waals surface area contributed by atoms with Crippen LogP contribution in [0.4, 0.5) is 53.7 Å². The van der Waals surface area contributed by atoms with Crippen LogP contribution in [-0.2, 0) is 20.3 Å². The van der Waals surface area contributed by atoms with Crippen LogP contribution < -0.4 is 15.9 Å². The van der Waals surface area contributed by atoms with E-state index in [1.807, 2.05) is 0 Å². The Bertz CT molecular complexity index is 1650. The summed E-state index contributed by atoms with van der Waals surface area (Å²) in [4.78, 5) is 8.06. The lowest BCUT2D eigenvalue weighted by molar-refractivity contribution is -0.196. The molecule has 0 spiro atoms. The fourth-order valence-corrected chi connectivity index (χ4v) is 6.52. The average Bonchev–Trinajstić information content (AvgIpc) is 3.01. The van der Waals surface area contributed by atoms with Crippen molar-refractivity contribution in [1.29, 1.82) is 0 Å². The van der Waals surface area contributed by atoms with Gasteiger partial charge in [-0.15, -0.1) is 9.24 Å². The molecule has 2 N–H and O–H groups in total. The molecule has 2 aliphatic heterocycles. The van der Waals surface area contributed by atoms with Gasteiger partial charge in [-0.1, -0.05) is 29.3 Å². The molecule has 2 aromatic heterocycles. The van der Waals surface area contributed by atoms with Gasteiger partial charge in [-0.3, -0.25) is 0 Å². The van der Waals surface area contributed by atoms with Gasteiger partial charge in [0.25, 0.3) is 0 Å². The van der Waals surface area contributed by atoms with Gasteiger partial charge in [0.2, 0.25) is 0 Å². The summed E-state index contributed by atoms with van der Waals surface area (Å²) in [5.41, 5.74) is -4.80. The van der Waals surface area contributed by atoms with Crippen molar-refractivity contribution in [2.75, 3.05) is 23.8 Å². The number of anilines is 4. The highest BCUT2D eigenvalue weighted by Gasteiger charge is 2.62. The summed E-state index contributed by atoms with van der Waals surface area (Å²) < 4.78 is 111. The average molecular weight is 764 g/mol. The molecule has 0 fully saturated rings. The van der Waals surface area contributed by atoms with Crippen molar-refractivity contribution < 1.29 is 40.2 Å². The zero-order valence-corrected chi connectivity index (χ0v) is 29.7. The standard InChI is InChI=1S/C17H15ClF4N2O.C17H17ClF3N2OP/c1-9(2)25-8-16(17(20,21)22)12-6-11(19)3-4-14(12)24-15-13(16)5-10(18)7-23-15;1-9(2)24-8-16(17(19,20)21)12-6-11(25)3-4-14(12)23-15-13(16)5-10(18)7-22-15/h3-7,9H,8H2,1-2H3,(H,23,24);3-7,9H,8,25H2,1-2H3,(H,22,23). The summed E-state index contributed by atoms with van der Waals surface area (Å²) >= 11 is 11.9. The fourth-order valence-electron chi connectivity index (χ4n) is 5.95. The topological polar surface area (TPSA) is 68.3 Å². The van der Waals surface area contributed by atoms with Gasteiger partial charge in [-0.2, -0.15) is 26.3 Å². The Morgan fingerprint density at radius 1 is 0.680 bits per heavy atom. The molecule has 6 nitrogen and oxygen atoms in total. The van der Waals surface area contributed by atoms with Crippen molar-refractivity contribution in [3.05, 3.63) is 99.0 Å². The first-order chi connectivity index (χ1) is 23.3. The van der Waals surface area contributed by atoms with Crippen molar-refractivity contribution in [2.45, 2.75) is 63.1 Å². The summed E-state index contributed by atoms with van der Waals surface area (Å²) in [6, 6.07) is 10.6. The van der Waals surface area contributed by atoms with Crippen molar-refractivity contribution >= 4 is 60.8 Å². The highest BCUT2D eigenvalue weighted by atomic mass is 35.5. The molecule has 4 aromatic rings. The van der Waals surface area contributed by atoms with E-state index < -0.39 is 48.3 Å². The van der Waals surface area contributed by atoms with Gasteiger partial charge < -0.3 is 20.1 Å². The zero-order chi connectivity index (χ0) is 36.8. The van der Waals surface area contributed by atoms with Crippen LogP contribution in [0, 0.1) is 5.82 Å². The quantitative estimate of drug-likeness (QED) is 0.151. The molecule has 3 atom stereocenters. The number of pyridine rings is 2. The molecule has 6 rings (SSSR count). The number of hydrogen-bond donors (Lipinski definition) is 2. The van der Waals surface area contributed by atoms with Crippen LogP contribution in [0.25, 0.3) is 0 Å². The van der Waals surface area contributed by atoms with Crippen LogP contribution >= 0.6 is 32.4 Å². The fraction of sp³-hybridized carbons (Fsp3) is 0.353. The number of halogens is 9. The highest BCUT2D eigenvalue weighted by molar-refractivity contribution is 7.27. The van der Waals surface area contributed by atoms with Gasteiger partial charge in [0, 0.05) is 40.5 Å². The predicted molar refractivity (Wildman–Crippen MR) is 183 cm³/mol. The highest BCUT2D eigenvalue weighted by Crippen LogP contribution is 2.56. The van der Waals surface area contributed by atoms with E-state index >= 15 is 0 Å². The first kappa shape index (κ1) is 38.0. The van der Waals surface area contributed by atoms with Crippen LogP contribution in [0.2, 0.25) is 10.0 Å². The van der Waals surface area contributed by atoms with E-state index in [1.165, 1.54) is 36.7 Å². The molecule has 2 aromatic carbocycles. The number of ether oxygens (including phenoxy) is 2. The first-order valence-corrected chi connectivity index (χ1v) is 16.6. The molecule has 0 saturated carbocycles. The molecule has 16 heteroatoms. The minimum Gasteiger partial charge on any atom is -0.377 e. The van der Waals surface area contributed by atoms with Crippen molar-refractivity contribution in [3.8, 4) is 0 Å². The lowest BCUT2D eigenvalue weighted by Gasteiger charge is -2.42. The van der Waals surface area contributed by atoms with E-state index in [9.17, 15) is 30.7 Å². The van der Waals surface area contributed by atoms with E-state index in [0.29, 0.717) is 11.0 Å². The molecule has 0 radical (unpaired) electrons. The van der Waals surface area contributed by atoms with E-state index in [0.717, 1.165) is 12.1 Å². The van der Waals surface area contributed by atoms with Crippen LogP contribution in [0.15, 0.2) is 60.9 Å². The van der Waals surface area contributed by atoms with Gasteiger partial charge in [0.05, 0.1) is 35.5 Å². The molecular weight excluding hydrogens is 731 g/mol. The molecular formula is C34H32Cl2F7N4O2P. The van der Waals surface area contributed by atoms with E-state index in [2.05, 4.69) is 29.8 Å². The smallest absolute Gasteiger partial charge is 0.377 e. The van der Waals surface area contributed by atoms with Gasteiger partial charge in [-0.25, -0.2) is 14.4 Å². The van der Waals surface area contributed by atoms with E-state index in [4.69, 9.17) is 32.7 Å². The molecule has 2 aliphatic rings. The Kier molecular flexibility index (Phi) is 10.7. The van der Waals surface area contributed by atoms with Crippen molar-refractivity contribution in [1.82, 2.24) is 9.97 Å². The molecule has 0 aliphatic carbocycles. The van der Waals surface area contributed by atoms with Gasteiger partial charge in [0.15, 0.2) is 0 Å². The number of aromatic nitrogens is 2. The largest absolute Gasteiger partial charge is 0.404 e. The van der Waals surface area contributed by atoms with Crippen LogP contribution in [0.3, 0.4) is 0 Å². The Balaban J connectivity index is 0.000000194. The lowest BCUT2D eigenvalue weighted by atomic mass is 9.71. The summed E-state index contributed by atoms with van der Waals surface area (Å²) in [5, 5.41) is 6.64. The molecule has 0 amide bonds. The molecule has 50 heavy (non-hydrogen) atoms. The third kappa shape index (κ3) is 6.99. The number of nitrogens with zero attached hydrogens (tertiary/aromatic N) is 2. The minimum atomic E-state index is -4.76. The first-order valence-electron chi connectivity index (χ1n) is 15.2. The number of rotatable bonds is 6. The van der Waals surface area contributed by atoms with Crippen molar-refractivity contribution in [3.63, 3.8) is 0 Å². The Morgan fingerprint density at radius 3 is 1.52 bits per heavy atom. The molecule has 0 bridgehead atoms. The van der Waals surface area contributed by atoms with Crippen molar-refractivity contribution in [2.24, 2.45) is 0 Å². The number of hydrogen-bond acceptors (Lipinski definition) is 6. The third-order valence-electron chi connectivity index (χ3n) is 8.31. The SMILES string of the molecule is CC(C)OCC1(C(F)(F)F)c2cc(F)ccc2Nc2ncc(Cl)cc21.CC(C)OCC1(C(F)(F)F)c2cc(P)ccc2Nc2ncc(Cl)cc21. The minimum absolute atomic E-state index is 0.0215. The van der Waals surface area contributed by atoms with E-state index in [-0.39, 0.29) is 55.7 Å². The molecule has 4 heterocycles. The maximum absolute atomic E-state index is 14.5. The number of nitrogens with one attached hydrogen (secondary N) is 2. The Morgan fingerprint density at radius 2 is 1.10 bits per heavy atom. The van der Waals surface area contributed by atoms with Crippen LogP contribution in [-0.4, -0.2) is 47.7 Å². The van der Waals surface area contributed by atoms with Gasteiger partial charge in [-0.05, 0) is 81.0 Å². The second-order valence-corrected chi connectivity index (χ2v) is 13.9. The maximum atomic E-state index is 14.5. The Hall–Kier alpha value is -3.22. The summed E-state index contributed by atoms with van der Waals surface area (Å²) in [7, 11) is 2.43. The second-order valence-electron chi connectivity index (χ2n) is 12.4. The molecule has 0 saturated heterocycles.